The van der Waals surface area contributed by atoms with Crippen LogP contribution in [0, 0.1) is 0 Å². The number of primary amides is 1. The fourth-order valence-electron chi connectivity index (χ4n) is 1.75. The van der Waals surface area contributed by atoms with Crippen molar-refractivity contribution in [2.45, 2.75) is 9.79 Å². The lowest BCUT2D eigenvalue weighted by Gasteiger charge is -2.08. The van der Waals surface area contributed by atoms with Crippen molar-refractivity contribution in [1.29, 1.82) is 0 Å². The van der Waals surface area contributed by atoms with E-state index >= 15 is 0 Å². The van der Waals surface area contributed by atoms with Crippen molar-refractivity contribution in [1.82, 2.24) is 0 Å². The summed E-state index contributed by atoms with van der Waals surface area (Å²) in [5.41, 5.74) is 16.8. The third-order valence-electron chi connectivity index (χ3n) is 2.77. The number of carbonyl (C=O) groups is 1. The van der Waals surface area contributed by atoms with Crippen molar-refractivity contribution in [3.63, 3.8) is 0 Å². The van der Waals surface area contributed by atoms with E-state index in [2.05, 4.69) is 0 Å². The number of amides is 1. The highest BCUT2D eigenvalue weighted by Gasteiger charge is 2.19. The predicted molar refractivity (Wildman–Crippen MR) is 75.7 cm³/mol. The minimum absolute atomic E-state index is 0.0162. The summed E-state index contributed by atoms with van der Waals surface area (Å²) in [5.74, 6) is -0.713. The maximum atomic E-state index is 12.4. The fraction of sp³-hybridized carbons (Fsp3) is 0. The molecular formula is C13H13N3O3S. The van der Waals surface area contributed by atoms with Gasteiger partial charge in [0.25, 0.3) is 5.91 Å². The van der Waals surface area contributed by atoms with Gasteiger partial charge >= 0.3 is 0 Å². The first-order valence-electron chi connectivity index (χ1n) is 5.62. The van der Waals surface area contributed by atoms with E-state index in [4.69, 9.17) is 17.2 Å². The SMILES string of the molecule is NC(=O)c1ccc(S(=O)(=O)c2cccc(N)c2)cc1N. The van der Waals surface area contributed by atoms with E-state index in [1.165, 1.54) is 30.3 Å². The molecule has 7 heteroatoms. The maximum absolute atomic E-state index is 12.4. The molecule has 6 nitrogen and oxygen atoms in total. The van der Waals surface area contributed by atoms with Crippen LogP contribution in [0.2, 0.25) is 0 Å². The normalized spacial score (nSPS) is 11.2. The Bertz CT molecular complexity index is 785. The molecule has 6 N–H and O–H groups in total. The van der Waals surface area contributed by atoms with E-state index in [0.29, 0.717) is 5.69 Å². The Morgan fingerprint density at radius 2 is 1.60 bits per heavy atom. The number of hydrogen-bond acceptors (Lipinski definition) is 5. The molecule has 0 radical (unpaired) electrons. The summed E-state index contributed by atoms with van der Waals surface area (Å²) in [7, 11) is -3.74. The van der Waals surface area contributed by atoms with Crippen LogP contribution in [0.5, 0.6) is 0 Å². The van der Waals surface area contributed by atoms with Gasteiger partial charge in [-0.05, 0) is 36.4 Å². The third kappa shape index (κ3) is 2.43. The highest BCUT2D eigenvalue weighted by Crippen LogP contribution is 2.25. The number of benzene rings is 2. The summed E-state index contributed by atoms with van der Waals surface area (Å²) >= 11 is 0. The summed E-state index contributed by atoms with van der Waals surface area (Å²) in [6.45, 7) is 0. The lowest BCUT2D eigenvalue weighted by atomic mass is 10.2. The molecule has 0 aliphatic rings. The molecule has 2 aromatic rings. The van der Waals surface area contributed by atoms with Gasteiger partial charge in [0.1, 0.15) is 0 Å². The molecule has 104 valence electrons. The molecule has 0 aromatic heterocycles. The second kappa shape index (κ2) is 4.86. The molecule has 0 unspecified atom stereocenters. The van der Waals surface area contributed by atoms with E-state index in [-0.39, 0.29) is 21.0 Å². The lowest BCUT2D eigenvalue weighted by Crippen LogP contribution is -2.14. The molecule has 0 aliphatic heterocycles. The Labute approximate surface area is 116 Å². The molecule has 0 aliphatic carbocycles. The zero-order chi connectivity index (χ0) is 14.9. The van der Waals surface area contributed by atoms with Crippen LogP contribution in [0.4, 0.5) is 11.4 Å². The van der Waals surface area contributed by atoms with Gasteiger partial charge in [-0.1, -0.05) is 6.07 Å². The molecule has 0 fully saturated rings. The predicted octanol–water partition coefficient (Wildman–Crippen LogP) is 0.783. The number of carbonyl (C=O) groups excluding carboxylic acids is 1. The van der Waals surface area contributed by atoms with Crippen molar-refractivity contribution in [2.24, 2.45) is 5.73 Å². The average Bonchev–Trinajstić information content (AvgIpc) is 2.38. The van der Waals surface area contributed by atoms with E-state index in [1.807, 2.05) is 0 Å². The lowest BCUT2D eigenvalue weighted by molar-refractivity contribution is 0.100. The van der Waals surface area contributed by atoms with Crippen LogP contribution in [0.15, 0.2) is 52.3 Å². The summed E-state index contributed by atoms with van der Waals surface area (Å²) in [5, 5.41) is 0. The van der Waals surface area contributed by atoms with Crippen LogP contribution in [-0.2, 0) is 9.84 Å². The first kappa shape index (κ1) is 13.9. The molecule has 0 bridgehead atoms. The van der Waals surface area contributed by atoms with Crippen LogP contribution in [0.3, 0.4) is 0 Å². The second-order valence-electron chi connectivity index (χ2n) is 4.19. The van der Waals surface area contributed by atoms with Crippen LogP contribution in [0.1, 0.15) is 10.4 Å². The average molecular weight is 291 g/mol. The monoisotopic (exact) mass is 291 g/mol. The number of nitrogen functional groups attached to an aromatic ring is 2. The Hall–Kier alpha value is -2.54. The molecule has 0 heterocycles. The highest BCUT2D eigenvalue weighted by atomic mass is 32.2. The van der Waals surface area contributed by atoms with Gasteiger partial charge in [-0.2, -0.15) is 0 Å². The van der Waals surface area contributed by atoms with Crippen LogP contribution in [-0.4, -0.2) is 14.3 Å². The molecule has 20 heavy (non-hydrogen) atoms. The van der Waals surface area contributed by atoms with Crippen LogP contribution in [0.25, 0.3) is 0 Å². The van der Waals surface area contributed by atoms with E-state index in [0.717, 1.165) is 0 Å². The second-order valence-corrected chi connectivity index (χ2v) is 6.14. The largest absolute Gasteiger partial charge is 0.399 e. The number of rotatable bonds is 3. The zero-order valence-corrected chi connectivity index (χ0v) is 11.2. The Balaban J connectivity index is 2.56. The molecule has 2 aromatic carbocycles. The van der Waals surface area contributed by atoms with Gasteiger partial charge in [0.15, 0.2) is 0 Å². The molecule has 1 amide bonds. The minimum atomic E-state index is -3.74. The maximum Gasteiger partial charge on any atom is 0.250 e. The number of nitrogens with two attached hydrogens (primary N) is 3. The standard InChI is InChI=1S/C13H13N3O3S/c14-8-2-1-3-9(6-8)20(18,19)10-4-5-11(13(16)17)12(15)7-10/h1-7H,14-15H2,(H2,16,17). The Kier molecular flexibility index (Phi) is 3.37. The van der Waals surface area contributed by atoms with Gasteiger partial charge in [0.2, 0.25) is 9.84 Å². The Morgan fingerprint density at radius 1 is 0.950 bits per heavy atom. The quantitative estimate of drug-likeness (QED) is 0.720. The third-order valence-corrected chi connectivity index (χ3v) is 4.52. The first-order valence-corrected chi connectivity index (χ1v) is 7.10. The minimum Gasteiger partial charge on any atom is -0.399 e. The van der Waals surface area contributed by atoms with Crippen molar-refractivity contribution in [3.8, 4) is 0 Å². The molecule has 2 rings (SSSR count). The van der Waals surface area contributed by atoms with Crippen molar-refractivity contribution in [3.05, 3.63) is 48.0 Å². The first-order chi connectivity index (χ1) is 9.32. The van der Waals surface area contributed by atoms with E-state index in [1.54, 1.807) is 12.1 Å². The van der Waals surface area contributed by atoms with Crippen molar-refractivity contribution >= 4 is 27.1 Å². The van der Waals surface area contributed by atoms with Gasteiger partial charge in [0, 0.05) is 11.4 Å². The van der Waals surface area contributed by atoms with Crippen molar-refractivity contribution in [2.75, 3.05) is 11.5 Å². The fourth-order valence-corrected chi connectivity index (χ4v) is 3.10. The number of hydrogen-bond donors (Lipinski definition) is 3. The smallest absolute Gasteiger partial charge is 0.250 e. The van der Waals surface area contributed by atoms with Gasteiger partial charge in [0.05, 0.1) is 15.4 Å². The zero-order valence-electron chi connectivity index (χ0n) is 10.4. The molecule has 0 atom stereocenters. The van der Waals surface area contributed by atoms with Gasteiger partial charge in [-0.15, -0.1) is 0 Å². The molecule has 0 spiro atoms. The summed E-state index contributed by atoms with van der Waals surface area (Å²) in [6.07, 6.45) is 0. The molecular weight excluding hydrogens is 278 g/mol. The van der Waals surface area contributed by atoms with Gasteiger partial charge < -0.3 is 17.2 Å². The number of anilines is 2. The van der Waals surface area contributed by atoms with Crippen molar-refractivity contribution < 1.29 is 13.2 Å². The van der Waals surface area contributed by atoms with Crippen LogP contribution < -0.4 is 17.2 Å². The highest BCUT2D eigenvalue weighted by molar-refractivity contribution is 7.91. The molecule has 0 saturated heterocycles. The van der Waals surface area contributed by atoms with Gasteiger partial charge in [-0.25, -0.2) is 8.42 Å². The summed E-state index contributed by atoms with van der Waals surface area (Å²) in [6, 6.07) is 9.70. The summed E-state index contributed by atoms with van der Waals surface area (Å²) < 4.78 is 24.8. The number of sulfone groups is 1. The van der Waals surface area contributed by atoms with Gasteiger partial charge in [-0.3, -0.25) is 4.79 Å². The van der Waals surface area contributed by atoms with E-state index < -0.39 is 15.7 Å². The topological polar surface area (TPSA) is 129 Å². The summed E-state index contributed by atoms with van der Waals surface area (Å²) in [4.78, 5) is 11.1. The molecule has 0 saturated carbocycles. The van der Waals surface area contributed by atoms with E-state index in [9.17, 15) is 13.2 Å². The Morgan fingerprint density at radius 3 is 2.15 bits per heavy atom. The van der Waals surface area contributed by atoms with Crippen LogP contribution >= 0.6 is 0 Å².